The Bertz CT molecular complexity index is 452. The number of hydrogen-bond acceptors (Lipinski definition) is 8. The highest BCUT2D eigenvalue weighted by atomic mass is 16.5. The number of carbonyl (C=O) groups is 4. The fourth-order valence-electron chi connectivity index (χ4n) is 2.10. The molecule has 0 heterocycles. The van der Waals surface area contributed by atoms with E-state index in [9.17, 15) is 19.2 Å². The van der Waals surface area contributed by atoms with E-state index in [1.807, 2.05) is 0 Å². The van der Waals surface area contributed by atoms with Crippen molar-refractivity contribution in [2.75, 3.05) is 52.9 Å². The molecule has 0 aliphatic heterocycles. The molecule has 0 rings (SSSR count). The normalized spacial score (nSPS) is 10.8. The van der Waals surface area contributed by atoms with E-state index in [0.717, 1.165) is 0 Å². The summed E-state index contributed by atoms with van der Waals surface area (Å²) < 4.78 is 22.1. The summed E-state index contributed by atoms with van der Waals surface area (Å²) in [5.41, 5.74) is 19.5. The van der Waals surface area contributed by atoms with E-state index >= 15 is 0 Å². The molecule has 188 valence electrons. The van der Waals surface area contributed by atoms with Crippen LogP contribution < -0.4 is 22.9 Å². The van der Waals surface area contributed by atoms with Crippen LogP contribution in [0, 0.1) is 5.41 Å². The molecule has 0 unspecified atom stereocenters. The molecular weight excluding hydrogens is 424 g/mol. The molecule has 12 nitrogen and oxygen atoms in total. The summed E-state index contributed by atoms with van der Waals surface area (Å²) in [5.74, 6) is -2.04. The zero-order valence-electron chi connectivity index (χ0n) is 19.3. The average Bonchev–Trinajstić information content (AvgIpc) is 2.69. The topological polar surface area (TPSA) is 209 Å². The molecule has 0 aromatic carbocycles. The zero-order valence-corrected chi connectivity index (χ0v) is 19.3. The average molecular weight is 465 g/mol. The van der Waals surface area contributed by atoms with Crippen molar-refractivity contribution in [1.29, 1.82) is 0 Å². The quantitative estimate of drug-likeness (QED) is 0.163. The molecule has 32 heavy (non-hydrogen) atoms. The number of carbonyl (C=O) groups excluding carboxylic acids is 4. The van der Waals surface area contributed by atoms with Crippen molar-refractivity contribution in [3.8, 4) is 0 Å². The Morgan fingerprint density at radius 2 is 0.719 bits per heavy atom. The van der Waals surface area contributed by atoms with E-state index < -0.39 is 29.0 Å². The van der Waals surface area contributed by atoms with Gasteiger partial charge in [0.1, 0.15) is 0 Å². The van der Waals surface area contributed by atoms with Crippen LogP contribution in [0.25, 0.3) is 0 Å². The fourth-order valence-corrected chi connectivity index (χ4v) is 2.10. The van der Waals surface area contributed by atoms with Gasteiger partial charge in [-0.3, -0.25) is 19.2 Å². The minimum absolute atomic E-state index is 0.0314. The predicted molar refractivity (Wildman–Crippen MR) is 117 cm³/mol. The highest BCUT2D eigenvalue weighted by molar-refractivity contribution is 5.74. The van der Waals surface area contributed by atoms with Gasteiger partial charge in [0, 0.05) is 25.7 Å². The maximum atomic E-state index is 10.9. The largest absolute Gasteiger partial charge is 0.380 e. The molecule has 0 aliphatic rings. The Kier molecular flexibility index (Phi) is 20.6. The molecule has 0 aliphatic carbocycles. The molecular formula is C20H40N4O8. The van der Waals surface area contributed by atoms with Crippen LogP contribution in [0.3, 0.4) is 0 Å². The lowest BCUT2D eigenvalue weighted by atomic mass is 9.92. The first kappa shape index (κ1) is 31.9. The highest BCUT2D eigenvalue weighted by Gasteiger charge is 2.32. The minimum atomic E-state index is -0.843. The number of rotatable bonds is 20. The van der Waals surface area contributed by atoms with Crippen LogP contribution >= 0.6 is 0 Å². The smallest absolute Gasteiger partial charge is 0.219 e. The number of amides is 4. The van der Waals surface area contributed by atoms with Gasteiger partial charge in [-0.05, 0) is 0 Å². The number of ether oxygens (including phenoxy) is 4. The summed E-state index contributed by atoms with van der Waals surface area (Å²) >= 11 is 0. The van der Waals surface area contributed by atoms with E-state index in [1.54, 1.807) is 0 Å². The second kappa shape index (κ2) is 20.6. The lowest BCUT2D eigenvalue weighted by molar-refractivity contribution is -0.126. The van der Waals surface area contributed by atoms with Gasteiger partial charge < -0.3 is 41.9 Å². The van der Waals surface area contributed by atoms with Crippen LogP contribution in [0.1, 0.15) is 46.0 Å². The van der Waals surface area contributed by atoms with Crippen molar-refractivity contribution in [3.05, 3.63) is 0 Å². The molecule has 0 saturated heterocycles. The molecule has 0 spiro atoms. The van der Waals surface area contributed by atoms with Crippen molar-refractivity contribution in [2.24, 2.45) is 28.3 Å². The summed E-state index contributed by atoms with van der Waals surface area (Å²) in [7, 11) is 0. The number of hydrogen-bond donors (Lipinski definition) is 4. The molecule has 0 fully saturated rings. The monoisotopic (exact) mass is 464 g/mol. The van der Waals surface area contributed by atoms with Crippen LogP contribution in [0.15, 0.2) is 0 Å². The van der Waals surface area contributed by atoms with Gasteiger partial charge in [0.15, 0.2) is 0 Å². The Morgan fingerprint density at radius 3 is 0.875 bits per heavy atom. The summed E-state index contributed by atoms with van der Waals surface area (Å²) in [6.45, 7) is 4.88. The van der Waals surface area contributed by atoms with E-state index in [4.69, 9.17) is 41.9 Å². The molecule has 0 saturated carbocycles. The second-order valence-electron chi connectivity index (χ2n) is 7.28. The third-order valence-corrected chi connectivity index (χ3v) is 3.60. The van der Waals surface area contributed by atoms with E-state index in [1.165, 1.54) is 6.42 Å². The maximum Gasteiger partial charge on any atom is 0.219 e. The third-order valence-electron chi connectivity index (χ3n) is 3.60. The van der Waals surface area contributed by atoms with E-state index in [-0.39, 0.29) is 78.5 Å². The molecule has 0 bridgehead atoms. The first-order chi connectivity index (χ1) is 15.1. The Labute approximate surface area is 189 Å². The first-order valence-corrected chi connectivity index (χ1v) is 10.5. The van der Waals surface area contributed by atoms with Crippen molar-refractivity contribution in [2.45, 2.75) is 46.0 Å². The van der Waals surface area contributed by atoms with Gasteiger partial charge in [0.05, 0.1) is 58.3 Å². The SMILES string of the molecule is CCC.NC(=O)CCOCC(COCCC(N)=O)(COCCC(N)=O)COCCC(N)=O. The Morgan fingerprint density at radius 1 is 0.531 bits per heavy atom. The molecule has 0 aromatic heterocycles. The molecule has 4 amide bonds. The van der Waals surface area contributed by atoms with Gasteiger partial charge in [0.2, 0.25) is 23.6 Å². The summed E-state index contributed by atoms with van der Waals surface area (Å²) in [5, 5.41) is 0. The highest BCUT2D eigenvalue weighted by Crippen LogP contribution is 2.21. The van der Waals surface area contributed by atoms with Gasteiger partial charge in [-0.1, -0.05) is 20.3 Å². The fraction of sp³-hybridized carbons (Fsp3) is 0.800. The first-order valence-electron chi connectivity index (χ1n) is 10.5. The van der Waals surface area contributed by atoms with Crippen LogP contribution in [-0.2, 0) is 38.1 Å². The van der Waals surface area contributed by atoms with Crippen molar-refractivity contribution in [1.82, 2.24) is 0 Å². The van der Waals surface area contributed by atoms with Crippen LogP contribution in [0.2, 0.25) is 0 Å². The predicted octanol–water partition coefficient (Wildman–Crippen LogP) is -1.04. The maximum absolute atomic E-state index is 10.9. The van der Waals surface area contributed by atoms with Crippen LogP contribution in [-0.4, -0.2) is 76.5 Å². The second-order valence-corrected chi connectivity index (χ2v) is 7.28. The molecule has 0 atom stereocenters. The van der Waals surface area contributed by atoms with Gasteiger partial charge in [-0.2, -0.15) is 0 Å². The van der Waals surface area contributed by atoms with Crippen molar-refractivity contribution in [3.63, 3.8) is 0 Å². The zero-order chi connectivity index (χ0) is 24.8. The van der Waals surface area contributed by atoms with Gasteiger partial charge >= 0.3 is 0 Å². The third kappa shape index (κ3) is 22.4. The van der Waals surface area contributed by atoms with E-state index in [0.29, 0.717) is 0 Å². The molecule has 12 heteroatoms. The number of primary amides is 4. The minimum Gasteiger partial charge on any atom is -0.380 e. The Hall–Kier alpha value is -2.28. The van der Waals surface area contributed by atoms with Gasteiger partial charge in [0.25, 0.3) is 0 Å². The Balaban J connectivity index is 0. The summed E-state index contributed by atoms with van der Waals surface area (Å²) in [4.78, 5) is 43.5. The number of nitrogens with two attached hydrogens (primary N) is 4. The lowest BCUT2D eigenvalue weighted by Gasteiger charge is -2.33. The summed E-state index contributed by atoms with van der Waals surface area (Å²) in [6, 6.07) is 0. The standard InChI is InChI=1S/C17H32N4O8.C3H8/c18-13(22)1-5-26-9-17(10-27-6-2-14(19)23,11-28-7-3-15(20)24)12-29-8-4-16(21)25;1-3-2/h1-12H2,(H2,18,22)(H2,19,23)(H2,20,24)(H2,21,25);3H2,1-2H3. The van der Waals surface area contributed by atoms with Gasteiger partial charge in [-0.15, -0.1) is 0 Å². The van der Waals surface area contributed by atoms with Crippen molar-refractivity contribution < 1.29 is 38.1 Å². The van der Waals surface area contributed by atoms with Crippen LogP contribution in [0.5, 0.6) is 0 Å². The summed E-state index contributed by atoms with van der Waals surface area (Å²) in [6.07, 6.45) is 1.38. The van der Waals surface area contributed by atoms with E-state index in [2.05, 4.69) is 13.8 Å². The van der Waals surface area contributed by atoms with Crippen molar-refractivity contribution >= 4 is 23.6 Å². The lowest BCUT2D eigenvalue weighted by Crippen LogP contribution is -2.42. The molecule has 0 aromatic rings. The molecule has 8 N–H and O–H groups in total. The van der Waals surface area contributed by atoms with Crippen LogP contribution in [0.4, 0.5) is 0 Å². The van der Waals surface area contributed by atoms with Gasteiger partial charge in [-0.25, -0.2) is 0 Å². The molecule has 0 radical (unpaired) electrons.